The van der Waals surface area contributed by atoms with Crippen LogP contribution in [0.5, 0.6) is 0 Å². The van der Waals surface area contributed by atoms with E-state index in [-0.39, 0.29) is 51.3 Å². The predicted molar refractivity (Wildman–Crippen MR) is 169 cm³/mol. The summed E-state index contributed by atoms with van der Waals surface area (Å²) in [6.07, 6.45) is 7.76. The second-order valence-corrected chi connectivity index (χ2v) is 12.9. The molecule has 2 radical (unpaired) electrons. The number of benzene rings is 1. The van der Waals surface area contributed by atoms with E-state index in [0.717, 1.165) is 38.5 Å². The monoisotopic (exact) mass is 640 g/mol. The van der Waals surface area contributed by atoms with Crippen molar-refractivity contribution in [3.8, 4) is 0 Å². The summed E-state index contributed by atoms with van der Waals surface area (Å²) in [6, 6.07) is 5.27. The summed E-state index contributed by atoms with van der Waals surface area (Å²) in [5, 5.41) is 9.77. The first-order valence-electron chi connectivity index (χ1n) is 16.1. The number of nitrogens with zero attached hydrogens (tertiary/aromatic N) is 3. The van der Waals surface area contributed by atoms with Gasteiger partial charge in [-0.1, -0.05) is 45.6 Å². The molecule has 244 valence electrons. The first kappa shape index (κ1) is 34.3. The highest BCUT2D eigenvalue weighted by Gasteiger charge is 2.34. The van der Waals surface area contributed by atoms with Crippen molar-refractivity contribution >= 4 is 39.0 Å². The van der Waals surface area contributed by atoms with Crippen molar-refractivity contribution in [1.82, 2.24) is 25.0 Å². The van der Waals surface area contributed by atoms with Gasteiger partial charge in [0.15, 0.2) is 9.68 Å². The molecule has 3 atom stereocenters. The molecule has 0 unspecified atom stereocenters. The standard InChI is InChI=1S/C32H45FN6O5Si/c1-4-27(40)36-28(32(43)38-16-18-44-19-17-38)21(3)23-12-13-25(24(33)20-23)35-31(42)29(22-10-8-6-7-9-11-22)45-37-30(41)26-14-15-34-39(26)5-2/h12-15,20-22,28-29H,4-11,16-19H2,1-3H3,(H,35,42)(H,36,40)(H,37,41)/t21-,28+,29-/m0/s1. The minimum atomic E-state index is -0.871. The third kappa shape index (κ3) is 9.00. The summed E-state index contributed by atoms with van der Waals surface area (Å²) in [6.45, 7) is 7.64. The topological polar surface area (TPSA) is 135 Å². The highest BCUT2D eigenvalue weighted by molar-refractivity contribution is 6.46. The largest absolute Gasteiger partial charge is 0.378 e. The van der Waals surface area contributed by atoms with Crippen LogP contribution in [0.4, 0.5) is 10.1 Å². The normalized spacial score (nSPS) is 17.9. The molecule has 1 aromatic carbocycles. The maximum Gasteiger partial charge on any atom is 0.261 e. The van der Waals surface area contributed by atoms with Crippen LogP contribution < -0.4 is 15.6 Å². The third-order valence-electron chi connectivity index (χ3n) is 8.75. The number of morpholine rings is 1. The minimum absolute atomic E-state index is 0.0309. The predicted octanol–water partition coefficient (Wildman–Crippen LogP) is 3.65. The Morgan fingerprint density at radius 1 is 1.07 bits per heavy atom. The Labute approximate surface area is 266 Å². The Hall–Kier alpha value is -3.58. The minimum Gasteiger partial charge on any atom is -0.378 e. The molecular weight excluding hydrogens is 595 g/mol. The van der Waals surface area contributed by atoms with Crippen LogP contribution in [-0.4, -0.2) is 80.3 Å². The molecular formula is C32H45FN6O5Si. The van der Waals surface area contributed by atoms with E-state index in [1.807, 2.05) is 6.92 Å². The van der Waals surface area contributed by atoms with Crippen LogP contribution in [0.15, 0.2) is 30.5 Å². The van der Waals surface area contributed by atoms with Gasteiger partial charge in [-0.25, -0.2) is 4.39 Å². The van der Waals surface area contributed by atoms with E-state index in [2.05, 4.69) is 20.7 Å². The van der Waals surface area contributed by atoms with Gasteiger partial charge in [0, 0.05) is 38.2 Å². The fraction of sp³-hybridized carbons (Fsp3) is 0.594. The lowest BCUT2D eigenvalue weighted by Crippen LogP contribution is -2.53. The molecule has 1 aromatic heterocycles. The van der Waals surface area contributed by atoms with Crippen LogP contribution >= 0.6 is 0 Å². The molecule has 2 fully saturated rings. The average Bonchev–Trinajstić information content (AvgIpc) is 3.39. The molecule has 13 heteroatoms. The highest BCUT2D eigenvalue weighted by Crippen LogP contribution is 2.33. The number of nitrogens with one attached hydrogen (secondary N) is 3. The Kier molecular flexibility index (Phi) is 12.7. The van der Waals surface area contributed by atoms with Gasteiger partial charge in [0.2, 0.25) is 17.7 Å². The van der Waals surface area contributed by atoms with E-state index >= 15 is 4.39 Å². The number of amides is 4. The first-order valence-corrected chi connectivity index (χ1v) is 17.1. The first-order chi connectivity index (χ1) is 21.7. The fourth-order valence-corrected chi connectivity index (χ4v) is 7.19. The summed E-state index contributed by atoms with van der Waals surface area (Å²) in [5.41, 5.74) is 0.475. The average molecular weight is 641 g/mol. The van der Waals surface area contributed by atoms with E-state index in [0.29, 0.717) is 44.1 Å². The van der Waals surface area contributed by atoms with Crippen molar-refractivity contribution in [2.75, 3.05) is 31.6 Å². The molecule has 2 aliphatic rings. The molecule has 1 saturated carbocycles. The van der Waals surface area contributed by atoms with Gasteiger partial charge in [0.1, 0.15) is 17.6 Å². The molecule has 4 rings (SSSR count). The van der Waals surface area contributed by atoms with Gasteiger partial charge in [-0.15, -0.1) is 0 Å². The van der Waals surface area contributed by atoms with E-state index in [9.17, 15) is 19.2 Å². The molecule has 1 saturated heterocycles. The summed E-state index contributed by atoms with van der Waals surface area (Å²) < 4.78 is 22.5. The third-order valence-corrected chi connectivity index (χ3v) is 10.2. The zero-order chi connectivity index (χ0) is 32.3. The van der Waals surface area contributed by atoms with E-state index in [1.165, 1.54) is 12.1 Å². The summed E-state index contributed by atoms with van der Waals surface area (Å²) >= 11 is 0. The van der Waals surface area contributed by atoms with Gasteiger partial charge >= 0.3 is 0 Å². The molecule has 11 nitrogen and oxygen atoms in total. The molecule has 1 aliphatic heterocycles. The number of ether oxygens (including phenoxy) is 1. The van der Waals surface area contributed by atoms with Gasteiger partial charge in [-0.2, -0.15) is 5.10 Å². The summed E-state index contributed by atoms with van der Waals surface area (Å²) in [7, 11) is -0.184. The summed E-state index contributed by atoms with van der Waals surface area (Å²) in [5.74, 6) is -2.22. The van der Waals surface area contributed by atoms with Crippen molar-refractivity contribution in [1.29, 1.82) is 0 Å². The van der Waals surface area contributed by atoms with Crippen molar-refractivity contribution in [2.24, 2.45) is 5.92 Å². The lowest BCUT2D eigenvalue weighted by molar-refractivity contribution is -0.140. The smallest absolute Gasteiger partial charge is 0.261 e. The zero-order valence-electron chi connectivity index (χ0n) is 26.4. The molecule has 0 spiro atoms. The van der Waals surface area contributed by atoms with Crippen molar-refractivity contribution in [3.63, 3.8) is 0 Å². The highest BCUT2D eigenvalue weighted by atomic mass is 28.2. The number of anilines is 1. The fourth-order valence-electron chi connectivity index (χ4n) is 6.00. The number of aromatic nitrogens is 2. The Balaban J connectivity index is 1.49. The maximum atomic E-state index is 15.6. The lowest BCUT2D eigenvalue weighted by Gasteiger charge is -2.33. The van der Waals surface area contributed by atoms with E-state index in [1.54, 1.807) is 41.8 Å². The number of halogens is 1. The number of carbonyl (C=O) groups excluding carboxylic acids is 4. The Bertz CT molecular complexity index is 1320. The van der Waals surface area contributed by atoms with Crippen LogP contribution in [0.25, 0.3) is 0 Å². The molecule has 45 heavy (non-hydrogen) atoms. The van der Waals surface area contributed by atoms with Gasteiger partial charge in [0.05, 0.1) is 24.4 Å². The molecule has 3 N–H and O–H groups in total. The summed E-state index contributed by atoms with van der Waals surface area (Å²) in [4.78, 5) is 57.0. The maximum absolute atomic E-state index is 15.6. The van der Waals surface area contributed by atoms with Crippen molar-refractivity contribution < 1.29 is 28.3 Å². The van der Waals surface area contributed by atoms with E-state index in [4.69, 9.17) is 4.74 Å². The van der Waals surface area contributed by atoms with Crippen molar-refractivity contribution in [3.05, 3.63) is 47.5 Å². The second kappa shape index (κ2) is 16.6. The number of rotatable bonds is 12. The van der Waals surface area contributed by atoms with Crippen molar-refractivity contribution in [2.45, 2.75) is 89.8 Å². The molecule has 2 aromatic rings. The van der Waals surface area contributed by atoms with Crippen LogP contribution in [-0.2, 0) is 25.7 Å². The number of hydrogen-bond acceptors (Lipinski definition) is 6. The van der Waals surface area contributed by atoms with Gasteiger partial charge < -0.3 is 25.3 Å². The second-order valence-electron chi connectivity index (χ2n) is 11.7. The van der Waals surface area contributed by atoms with Gasteiger partial charge in [-0.3, -0.25) is 23.9 Å². The van der Waals surface area contributed by atoms with Crippen LogP contribution in [0.3, 0.4) is 0 Å². The molecule has 4 amide bonds. The quantitative estimate of drug-likeness (QED) is 0.240. The van der Waals surface area contributed by atoms with E-state index < -0.39 is 23.3 Å². The lowest BCUT2D eigenvalue weighted by atomic mass is 9.91. The Morgan fingerprint density at radius 2 is 1.78 bits per heavy atom. The Morgan fingerprint density at radius 3 is 2.42 bits per heavy atom. The number of aryl methyl sites for hydroxylation is 1. The van der Waals surface area contributed by atoms with Gasteiger partial charge in [0.25, 0.3) is 5.91 Å². The van der Waals surface area contributed by atoms with Crippen LogP contribution in [0, 0.1) is 11.7 Å². The SMILES string of the molecule is CCC(=O)N[C@@H](C(=O)N1CCOCC1)[C@@H](C)c1ccc(NC(=O)[C@@H]([Si]NC(=O)c2ccnn2CC)C2CCCCCC2)c(F)c1. The molecule has 0 bridgehead atoms. The van der Waals surface area contributed by atoms with Gasteiger partial charge in [-0.05, 0) is 49.4 Å². The number of hydrogen-bond donors (Lipinski definition) is 3. The number of carbonyl (C=O) groups is 4. The molecule has 2 heterocycles. The molecule has 1 aliphatic carbocycles. The zero-order valence-corrected chi connectivity index (χ0v) is 27.4. The van der Waals surface area contributed by atoms with Crippen LogP contribution in [0.2, 0.25) is 5.54 Å². The van der Waals surface area contributed by atoms with Crippen LogP contribution in [0.1, 0.15) is 87.7 Å².